The number of hydrogen-bond donors (Lipinski definition) is 0. The summed E-state index contributed by atoms with van der Waals surface area (Å²) in [5.74, 6) is -0.640. The summed E-state index contributed by atoms with van der Waals surface area (Å²) in [5, 5.41) is 0. The van der Waals surface area contributed by atoms with Gasteiger partial charge in [-0.25, -0.2) is 0 Å². The van der Waals surface area contributed by atoms with Gasteiger partial charge in [-0.2, -0.15) is 13.2 Å². The number of carbonyl (C=O) groups excluding carboxylic acids is 2. The highest BCUT2D eigenvalue weighted by Crippen LogP contribution is 2.64. The van der Waals surface area contributed by atoms with Crippen LogP contribution in [0.1, 0.15) is 29.3 Å². The van der Waals surface area contributed by atoms with Crippen molar-refractivity contribution in [3.63, 3.8) is 0 Å². The van der Waals surface area contributed by atoms with E-state index in [0.717, 1.165) is 12.1 Å². The molecule has 3 rings (SSSR count). The van der Waals surface area contributed by atoms with Gasteiger partial charge in [0.15, 0.2) is 0 Å². The fraction of sp³-hybridized carbons (Fsp3) is 0.529. The van der Waals surface area contributed by atoms with Gasteiger partial charge in [0.05, 0.1) is 11.0 Å². The van der Waals surface area contributed by atoms with Crippen LogP contribution in [-0.4, -0.2) is 52.1 Å². The van der Waals surface area contributed by atoms with Crippen molar-refractivity contribution in [1.82, 2.24) is 9.80 Å². The third kappa shape index (κ3) is 3.39. The van der Waals surface area contributed by atoms with Gasteiger partial charge in [-0.3, -0.25) is 9.59 Å². The molecule has 0 N–H and O–H groups in total. The van der Waals surface area contributed by atoms with Gasteiger partial charge in [-0.05, 0) is 31.5 Å². The molecule has 2 amide bonds. The van der Waals surface area contributed by atoms with Crippen LogP contribution in [0.15, 0.2) is 24.3 Å². The smallest absolute Gasteiger partial charge is 0.339 e. The van der Waals surface area contributed by atoms with Crippen LogP contribution in [0.25, 0.3) is 0 Å². The van der Waals surface area contributed by atoms with E-state index in [1.807, 2.05) is 0 Å². The highest BCUT2D eigenvalue weighted by Gasteiger charge is 2.68. The molecular formula is C17H17Cl2F3N2O2. The van der Waals surface area contributed by atoms with Crippen molar-refractivity contribution < 1.29 is 22.8 Å². The zero-order valence-corrected chi connectivity index (χ0v) is 15.5. The Bertz CT molecular complexity index is 746. The summed E-state index contributed by atoms with van der Waals surface area (Å²) in [6.45, 7) is 2.78. The number of piperazine rings is 1. The Hall–Kier alpha value is -1.47. The Labute approximate surface area is 158 Å². The van der Waals surface area contributed by atoms with Gasteiger partial charge in [-0.15, -0.1) is 23.2 Å². The molecule has 1 heterocycles. The van der Waals surface area contributed by atoms with Crippen molar-refractivity contribution in [1.29, 1.82) is 0 Å². The van der Waals surface area contributed by atoms with E-state index in [0.29, 0.717) is 19.5 Å². The molecule has 0 radical (unpaired) electrons. The first kappa shape index (κ1) is 19.3. The van der Waals surface area contributed by atoms with Gasteiger partial charge in [0.2, 0.25) is 5.91 Å². The number of alkyl halides is 5. The summed E-state index contributed by atoms with van der Waals surface area (Å²) in [6, 6.07) is 4.34. The zero-order chi connectivity index (χ0) is 19.3. The Morgan fingerprint density at radius 2 is 1.62 bits per heavy atom. The highest BCUT2D eigenvalue weighted by molar-refractivity contribution is 6.53. The van der Waals surface area contributed by atoms with Gasteiger partial charge in [0.25, 0.3) is 5.91 Å². The standard InChI is InChI=1S/C17H17Cl2F3N2O2/c1-15(10-16(15,18)19)14(26)24-7-5-23(6-8-24)13(25)11-3-2-4-12(9-11)17(20,21)22/h2-4,9H,5-8,10H2,1H3/t15-/m0/s1. The predicted molar refractivity (Wildman–Crippen MR) is 91.1 cm³/mol. The maximum atomic E-state index is 12.8. The van der Waals surface area contributed by atoms with Crippen LogP contribution in [-0.2, 0) is 11.0 Å². The lowest BCUT2D eigenvalue weighted by atomic mass is 10.1. The van der Waals surface area contributed by atoms with Crippen LogP contribution in [0.5, 0.6) is 0 Å². The number of rotatable bonds is 2. The number of hydrogen-bond acceptors (Lipinski definition) is 2. The Morgan fingerprint density at radius 3 is 2.12 bits per heavy atom. The maximum Gasteiger partial charge on any atom is 0.416 e. The monoisotopic (exact) mass is 408 g/mol. The Balaban J connectivity index is 1.64. The van der Waals surface area contributed by atoms with Crippen molar-refractivity contribution >= 4 is 35.0 Å². The molecule has 1 atom stereocenters. The zero-order valence-electron chi connectivity index (χ0n) is 13.9. The lowest BCUT2D eigenvalue weighted by Crippen LogP contribution is -2.52. The minimum Gasteiger partial charge on any atom is -0.339 e. The topological polar surface area (TPSA) is 40.6 Å². The minimum atomic E-state index is -4.50. The molecule has 4 nitrogen and oxygen atoms in total. The van der Waals surface area contributed by atoms with Crippen LogP contribution in [0.2, 0.25) is 0 Å². The van der Waals surface area contributed by atoms with Gasteiger partial charge in [0, 0.05) is 31.7 Å². The average Bonchev–Trinajstić information content (AvgIpc) is 3.12. The van der Waals surface area contributed by atoms with Gasteiger partial charge in [0.1, 0.15) is 4.33 Å². The van der Waals surface area contributed by atoms with Crippen molar-refractivity contribution in [3.05, 3.63) is 35.4 Å². The molecule has 26 heavy (non-hydrogen) atoms. The molecule has 1 aliphatic heterocycles. The summed E-state index contributed by atoms with van der Waals surface area (Å²) < 4.78 is 37.3. The second-order valence-corrected chi connectivity index (χ2v) is 8.36. The minimum absolute atomic E-state index is 0.0192. The van der Waals surface area contributed by atoms with Crippen molar-refractivity contribution in [3.8, 4) is 0 Å². The largest absolute Gasteiger partial charge is 0.416 e. The van der Waals surface area contributed by atoms with E-state index in [-0.39, 0.29) is 24.6 Å². The SMILES string of the molecule is C[C@@]1(C(=O)N2CCN(C(=O)c3cccc(C(F)(F)F)c3)CC2)CC1(Cl)Cl. The fourth-order valence-corrected chi connectivity index (χ4v) is 3.80. The fourth-order valence-electron chi connectivity index (χ4n) is 3.10. The summed E-state index contributed by atoms with van der Waals surface area (Å²) in [6.07, 6.45) is -4.12. The van der Waals surface area contributed by atoms with Crippen LogP contribution in [0, 0.1) is 5.41 Å². The molecule has 1 aliphatic carbocycles. The van der Waals surface area contributed by atoms with E-state index in [4.69, 9.17) is 23.2 Å². The van der Waals surface area contributed by atoms with Crippen molar-refractivity contribution in [2.24, 2.45) is 5.41 Å². The molecule has 142 valence electrons. The van der Waals surface area contributed by atoms with Gasteiger partial charge in [-0.1, -0.05) is 6.07 Å². The number of nitrogens with zero attached hydrogens (tertiary/aromatic N) is 2. The summed E-state index contributed by atoms with van der Waals surface area (Å²) in [5.41, 5.74) is -1.70. The van der Waals surface area contributed by atoms with Crippen molar-refractivity contribution in [2.45, 2.75) is 23.9 Å². The van der Waals surface area contributed by atoms with E-state index in [1.54, 1.807) is 11.8 Å². The first-order valence-corrected chi connectivity index (χ1v) is 8.85. The third-order valence-corrected chi connectivity index (χ3v) is 6.12. The second-order valence-electron chi connectivity index (χ2n) is 6.88. The van der Waals surface area contributed by atoms with E-state index in [1.165, 1.54) is 17.0 Å². The molecule has 0 bridgehead atoms. The van der Waals surface area contributed by atoms with Crippen LogP contribution < -0.4 is 0 Å². The second kappa shape index (κ2) is 6.30. The van der Waals surface area contributed by atoms with E-state index in [9.17, 15) is 22.8 Å². The number of benzene rings is 1. The summed E-state index contributed by atoms with van der Waals surface area (Å²) in [7, 11) is 0. The molecule has 0 unspecified atom stereocenters. The highest BCUT2D eigenvalue weighted by atomic mass is 35.5. The Kier molecular flexibility index (Phi) is 4.68. The molecule has 1 saturated carbocycles. The average molecular weight is 409 g/mol. The van der Waals surface area contributed by atoms with E-state index < -0.39 is 27.4 Å². The first-order valence-electron chi connectivity index (χ1n) is 8.09. The molecular weight excluding hydrogens is 392 g/mol. The number of amides is 2. The molecule has 2 fully saturated rings. The molecule has 2 aliphatic rings. The lowest BCUT2D eigenvalue weighted by Gasteiger charge is -2.36. The lowest BCUT2D eigenvalue weighted by molar-refractivity contribution is -0.138. The number of carbonyl (C=O) groups is 2. The molecule has 1 aromatic carbocycles. The van der Waals surface area contributed by atoms with Crippen LogP contribution >= 0.6 is 23.2 Å². The molecule has 1 aromatic rings. The van der Waals surface area contributed by atoms with E-state index >= 15 is 0 Å². The molecule has 0 aromatic heterocycles. The maximum absolute atomic E-state index is 12.8. The molecule has 0 spiro atoms. The van der Waals surface area contributed by atoms with E-state index in [2.05, 4.69) is 0 Å². The Morgan fingerprint density at radius 1 is 1.08 bits per heavy atom. The normalized spacial score (nSPS) is 25.2. The molecule has 1 saturated heterocycles. The predicted octanol–water partition coefficient (Wildman–Crippen LogP) is 3.57. The summed E-state index contributed by atoms with van der Waals surface area (Å²) in [4.78, 5) is 28.1. The summed E-state index contributed by atoms with van der Waals surface area (Å²) >= 11 is 12.1. The number of halogens is 5. The molecule has 9 heteroatoms. The van der Waals surface area contributed by atoms with Crippen molar-refractivity contribution in [2.75, 3.05) is 26.2 Å². The van der Waals surface area contributed by atoms with Gasteiger partial charge < -0.3 is 9.80 Å². The quantitative estimate of drug-likeness (QED) is 0.701. The first-order chi connectivity index (χ1) is 12.0. The third-order valence-electron chi connectivity index (χ3n) is 5.02. The van der Waals surface area contributed by atoms with Crippen LogP contribution in [0.4, 0.5) is 13.2 Å². The van der Waals surface area contributed by atoms with Crippen LogP contribution in [0.3, 0.4) is 0 Å². The van der Waals surface area contributed by atoms with Gasteiger partial charge >= 0.3 is 6.18 Å².